The van der Waals surface area contributed by atoms with Gasteiger partial charge in [0.1, 0.15) is 5.82 Å². The lowest BCUT2D eigenvalue weighted by Gasteiger charge is -2.25. The number of amides is 3. The number of hydrogen-bond donors (Lipinski definition) is 3. The summed E-state index contributed by atoms with van der Waals surface area (Å²) in [7, 11) is 0. The lowest BCUT2D eigenvalue weighted by Crippen LogP contribution is -2.44. The molecule has 23 heavy (non-hydrogen) atoms. The maximum absolute atomic E-state index is 14.1. The van der Waals surface area contributed by atoms with E-state index >= 15 is 0 Å². The fourth-order valence-electron chi connectivity index (χ4n) is 3.08. The van der Waals surface area contributed by atoms with Gasteiger partial charge < -0.3 is 16.0 Å². The van der Waals surface area contributed by atoms with E-state index < -0.39 is 6.03 Å². The van der Waals surface area contributed by atoms with Crippen molar-refractivity contribution in [3.8, 4) is 0 Å². The second-order valence-electron chi connectivity index (χ2n) is 5.82. The van der Waals surface area contributed by atoms with Crippen LogP contribution in [0.3, 0.4) is 0 Å². The highest BCUT2D eigenvalue weighted by Gasteiger charge is 2.29. The Morgan fingerprint density at radius 1 is 1.22 bits per heavy atom. The zero-order chi connectivity index (χ0) is 16.7. The van der Waals surface area contributed by atoms with Crippen molar-refractivity contribution < 1.29 is 14.0 Å². The van der Waals surface area contributed by atoms with Crippen LogP contribution in [0, 0.1) is 11.7 Å². The minimum Gasteiger partial charge on any atom is -0.355 e. The molecule has 1 aliphatic rings. The molecule has 0 saturated heterocycles. The average molecular weight is 321 g/mol. The van der Waals surface area contributed by atoms with E-state index in [0.717, 1.165) is 25.7 Å². The van der Waals surface area contributed by atoms with Gasteiger partial charge in [0, 0.05) is 12.1 Å². The molecule has 3 amide bonds. The zero-order valence-corrected chi connectivity index (χ0v) is 13.4. The van der Waals surface area contributed by atoms with Gasteiger partial charge in [-0.15, -0.1) is 0 Å². The molecule has 0 heterocycles. The van der Waals surface area contributed by atoms with Gasteiger partial charge in [-0.25, -0.2) is 9.18 Å². The SMILES string of the molecule is CCNC(=O)CNC(=O)N[C@H](c1ccccc1F)C1CCCC1. The summed E-state index contributed by atoms with van der Waals surface area (Å²) in [5, 5.41) is 7.98. The van der Waals surface area contributed by atoms with E-state index in [9.17, 15) is 14.0 Å². The molecule has 0 spiro atoms. The van der Waals surface area contributed by atoms with Crippen LogP contribution in [-0.2, 0) is 4.79 Å². The number of benzene rings is 1. The molecule has 6 heteroatoms. The van der Waals surface area contributed by atoms with Crippen LogP contribution < -0.4 is 16.0 Å². The van der Waals surface area contributed by atoms with E-state index in [1.54, 1.807) is 18.2 Å². The number of hydrogen-bond acceptors (Lipinski definition) is 2. The Bertz CT molecular complexity index is 544. The molecule has 126 valence electrons. The van der Waals surface area contributed by atoms with Gasteiger partial charge in [-0.2, -0.15) is 0 Å². The standard InChI is InChI=1S/C17H24FN3O2/c1-2-19-15(22)11-20-17(23)21-16(12-7-3-4-8-12)13-9-5-6-10-14(13)18/h5-6,9-10,12,16H,2-4,7-8,11H2,1H3,(H,19,22)(H2,20,21,23)/t16-/m0/s1. The molecule has 0 bridgehead atoms. The second-order valence-corrected chi connectivity index (χ2v) is 5.82. The van der Waals surface area contributed by atoms with Crippen molar-refractivity contribution in [3.05, 3.63) is 35.6 Å². The van der Waals surface area contributed by atoms with Crippen LogP contribution in [0.15, 0.2) is 24.3 Å². The van der Waals surface area contributed by atoms with Gasteiger partial charge in [0.25, 0.3) is 0 Å². The fraction of sp³-hybridized carbons (Fsp3) is 0.529. The van der Waals surface area contributed by atoms with Crippen LogP contribution in [-0.4, -0.2) is 25.0 Å². The van der Waals surface area contributed by atoms with E-state index in [1.165, 1.54) is 6.07 Å². The fourth-order valence-corrected chi connectivity index (χ4v) is 3.08. The Balaban J connectivity index is 2.02. The maximum Gasteiger partial charge on any atom is 0.315 e. The van der Waals surface area contributed by atoms with Crippen molar-refractivity contribution in [2.75, 3.05) is 13.1 Å². The van der Waals surface area contributed by atoms with Crippen molar-refractivity contribution in [3.63, 3.8) is 0 Å². The Labute approximate surface area is 136 Å². The lowest BCUT2D eigenvalue weighted by atomic mass is 9.91. The van der Waals surface area contributed by atoms with Crippen LogP contribution in [0.25, 0.3) is 0 Å². The highest BCUT2D eigenvalue weighted by Crippen LogP contribution is 2.36. The van der Waals surface area contributed by atoms with Crippen LogP contribution >= 0.6 is 0 Å². The molecule has 1 atom stereocenters. The Hall–Kier alpha value is -2.11. The molecule has 0 unspecified atom stereocenters. The summed E-state index contributed by atoms with van der Waals surface area (Å²) >= 11 is 0. The molecule has 1 aromatic carbocycles. The second kappa shape index (κ2) is 8.50. The molecule has 5 nitrogen and oxygen atoms in total. The normalized spacial score (nSPS) is 15.9. The molecular weight excluding hydrogens is 297 g/mol. The Kier molecular flexibility index (Phi) is 6.38. The monoisotopic (exact) mass is 321 g/mol. The van der Waals surface area contributed by atoms with Crippen LogP contribution in [0.5, 0.6) is 0 Å². The van der Waals surface area contributed by atoms with Gasteiger partial charge in [0.15, 0.2) is 0 Å². The summed E-state index contributed by atoms with van der Waals surface area (Å²) in [6, 6.07) is 5.71. The van der Waals surface area contributed by atoms with E-state index in [4.69, 9.17) is 0 Å². The number of rotatable bonds is 6. The quantitative estimate of drug-likeness (QED) is 0.753. The van der Waals surface area contributed by atoms with Crippen molar-refractivity contribution in [2.24, 2.45) is 5.92 Å². The summed E-state index contributed by atoms with van der Waals surface area (Å²) in [4.78, 5) is 23.5. The molecule has 0 aliphatic heterocycles. The minimum atomic E-state index is -0.448. The molecular formula is C17H24FN3O2. The number of urea groups is 1. The predicted molar refractivity (Wildman–Crippen MR) is 86.3 cm³/mol. The van der Waals surface area contributed by atoms with Crippen LogP contribution in [0.2, 0.25) is 0 Å². The number of carbonyl (C=O) groups excluding carboxylic acids is 2. The van der Waals surface area contributed by atoms with Gasteiger partial charge in [0.05, 0.1) is 12.6 Å². The average Bonchev–Trinajstić information content (AvgIpc) is 3.06. The molecule has 0 radical (unpaired) electrons. The first-order valence-electron chi connectivity index (χ1n) is 8.17. The van der Waals surface area contributed by atoms with Crippen molar-refractivity contribution >= 4 is 11.9 Å². The highest BCUT2D eigenvalue weighted by molar-refractivity contribution is 5.84. The van der Waals surface area contributed by atoms with Crippen LogP contribution in [0.4, 0.5) is 9.18 Å². The third-order valence-electron chi connectivity index (χ3n) is 4.18. The molecule has 1 aliphatic carbocycles. The minimum absolute atomic E-state index is 0.0890. The summed E-state index contributed by atoms with van der Waals surface area (Å²) in [6.45, 7) is 2.24. The number of nitrogens with one attached hydrogen (secondary N) is 3. The van der Waals surface area contributed by atoms with Gasteiger partial charge in [-0.3, -0.25) is 4.79 Å². The van der Waals surface area contributed by atoms with Gasteiger partial charge in [0.2, 0.25) is 5.91 Å². The third kappa shape index (κ3) is 4.94. The summed E-state index contributed by atoms with van der Waals surface area (Å²) < 4.78 is 14.1. The molecule has 3 N–H and O–H groups in total. The summed E-state index contributed by atoms with van der Waals surface area (Å²) in [5.74, 6) is -0.332. The molecule has 1 saturated carbocycles. The van der Waals surface area contributed by atoms with Gasteiger partial charge >= 0.3 is 6.03 Å². The highest BCUT2D eigenvalue weighted by atomic mass is 19.1. The first-order valence-corrected chi connectivity index (χ1v) is 8.17. The van der Waals surface area contributed by atoms with E-state index in [0.29, 0.717) is 12.1 Å². The smallest absolute Gasteiger partial charge is 0.315 e. The number of carbonyl (C=O) groups is 2. The van der Waals surface area contributed by atoms with E-state index in [1.807, 2.05) is 6.92 Å². The molecule has 0 aromatic heterocycles. The Morgan fingerprint density at radius 2 is 1.91 bits per heavy atom. The van der Waals surface area contributed by atoms with Crippen molar-refractivity contribution in [2.45, 2.75) is 38.6 Å². The van der Waals surface area contributed by atoms with Crippen molar-refractivity contribution in [1.29, 1.82) is 0 Å². The first-order chi connectivity index (χ1) is 11.1. The Morgan fingerprint density at radius 3 is 2.57 bits per heavy atom. The summed E-state index contributed by atoms with van der Waals surface area (Å²) in [5.41, 5.74) is 0.507. The zero-order valence-electron chi connectivity index (χ0n) is 13.4. The number of likely N-dealkylation sites (N-methyl/N-ethyl adjacent to an activating group) is 1. The van der Waals surface area contributed by atoms with Gasteiger partial charge in [-0.1, -0.05) is 31.0 Å². The molecule has 1 fully saturated rings. The van der Waals surface area contributed by atoms with E-state index in [2.05, 4.69) is 16.0 Å². The van der Waals surface area contributed by atoms with Crippen molar-refractivity contribution in [1.82, 2.24) is 16.0 Å². The molecule has 1 aromatic rings. The molecule has 2 rings (SSSR count). The largest absolute Gasteiger partial charge is 0.355 e. The topological polar surface area (TPSA) is 70.2 Å². The summed E-state index contributed by atoms with van der Waals surface area (Å²) in [6.07, 6.45) is 4.13. The maximum atomic E-state index is 14.1. The van der Waals surface area contributed by atoms with E-state index in [-0.39, 0.29) is 30.2 Å². The predicted octanol–water partition coefficient (Wildman–Crippen LogP) is 2.49. The van der Waals surface area contributed by atoms with Gasteiger partial charge in [-0.05, 0) is 31.7 Å². The first kappa shape index (κ1) is 17.2. The third-order valence-corrected chi connectivity index (χ3v) is 4.18. The lowest BCUT2D eigenvalue weighted by molar-refractivity contribution is -0.119. The number of halogens is 1. The van der Waals surface area contributed by atoms with Crippen LogP contribution in [0.1, 0.15) is 44.2 Å².